The van der Waals surface area contributed by atoms with Crippen LogP contribution in [0, 0.1) is 0 Å². The third-order valence-electron chi connectivity index (χ3n) is 5.63. The lowest BCUT2D eigenvalue weighted by Gasteiger charge is -2.30. The molecule has 45 heavy (non-hydrogen) atoms. The van der Waals surface area contributed by atoms with Gasteiger partial charge in [0.15, 0.2) is 5.82 Å². The summed E-state index contributed by atoms with van der Waals surface area (Å²) in [5.74, 6) is -4.38. The van der Waals surface area contributed by atoms with Crippen molar-refractivity contribution in [3.63, 3.8) is 0 Å². The van der Waals surface area contributed by atoms with E-state index in [1.807, 2.05) is 0 Å². The number of aromatic nitrogens is 2. The maximum atomic E-state index is 13.9. The lowest BCUT2D eigenvalue weighted by molar-refractivity contribution is -0.172. The first-order valence-electron chi connectivity index (χ1n) is 13.5. The van der Waals surface area contributed by atoms with Crippen LogP contribution in [0.1, 0.15) is 34.6 Å². The Morgan fingerprint density at radius 2 is 1.47 bits per heavy atom. The molecular weight excluding hydrogens is 614 g/mol. The zero-order valence-corrected chi connectivity index (χ0v) is 25.8. The molecular formula is C29H32ClN5O10. The SMILES string of the molecule is CC(=O)O[C@@H](C(=O)Nc1ccc(-c2noc(=O)[nH]2)cc1)[C@@H](OC(C)=O)C(=O)N(CCCl)c1ccc(NC(=O)OC(C)(C)C)cc1. The van der Waals surface area contributed by atoms with E-state index in [1.165, 1.54) is 48.5 Å². The van der Waals surface area contributed by atoms with Gasteiger partial charge in [-0.3, -0.25) is 34.0 Å². The van der Waals surface area contributed by atoms with Crippen molar-refractivity contribution >= 4 is 58.5 Å². The first kappa shape index (κ1) is 34.3. The molecule has 2 atom stereocenters. The van der Waals surface area contributed by atoms with Crippen LogP contribution in [0.15, 0.2) is 57.8 Å². The molecule has 0 radical (unpaired) electrons. The average molecular weight is 646 g/mol. The number of alkyl halides is 1. The largest absolute Gasteiger partial charge is 0.448 e. The third kappa shape index (κ3) is 10.2. The van der Waals surface area contributed by atoms with Crippen LogP contribution < -0.4 is 21.3 Å². The summed E-state index contributed by atoms with van der Waals surface area (Å²) in [7, 11) is 0. The van der Waals surface area contributed by atoms with E-state index < -0.39 is 53.4 Å². The van der Waals surface area contributed by atoms with E-state index in [9.17, 15) is 28.8 Å². The molecule has 240 valence electrons. The van der Waals surface area contributed by atoms with E-state index in [0.717, 1.165) is 18.7 Å². The number of rotatable bonds is 11. The minimum absolute atomic E-state index is 0.0516. The van der Waals surface area contributed by atoms with E-state index in [4.69, 9.17) is 25.8 Å². The highest BCUT2D eigenvalue weighted by Gasteiger charge is 2.42. The quantitative estimate of drug-likeness (QED) is 0.157. The highest BCUT2D eigenvalue weighted by molar-refractivity contribution is 6.18. The number of esters is 2. The predicted octanol–water partition coefficient (Wildman–Crippen LogP) is 3.45. The first-order chi connectivity index (χ1) is 21.2. The number of aromatic amines is 1. The fourth-order valence-electron chi connectivity index (χ4n) is 3.88. The number of ether oxygens (including phenoxy) is 3. The van der Waals surface area contributed by atoms with Gasteiger partial charge in [0, 0.05) is 48.9 Å². The van der Waals surface area contributed by atoms with Gasteiger partial charge in [-0.05, 0) is 69.3 Å². The Balaban J connectivity index is 1.87. The molecule has 3 N–H and O–H groups in total. The number of H-pyrrole nitrogens is 1. The summed E-state index contributed by atoms with van der Waals surface area (Å²) in [6.45, 7) is 7.11. The van der Waals surface area contributed by atoms with Gasteiger partial charge in [-0.15, -0.1) is 11.6 Å². The van der Waals surface area contributed by atoms with Crippen molar-refractivity contribution < 1.29 is 42.7 Å². The van der Waals surface area contributed by atoms with Crippen molar-refractivity contribution in [1.82, 2.24) is 10.1 Å². The van der Waals surface area contributed by atoms with Gasteiger partial charge in [0.05, 0.1) is 0 Å². The Morgan fingerprint density at radius 1 is 0.911 bits per heavy atom. The second-order valence-electron chi connectivity index (χ2n) is 10.4. The van der Waals surface area contributed by atoms with Gasteiger partial charge >= 0.3 is 23.8 Å². The first-order valence-corrected chi connectivity index (χ1v) is 14.0. The summed E-state index contributed by atoms with van der Waals surface area (Å²) >= 11 is 5.98. The van der Waals surface area contributed by atoms with Crippen molar-refractivity contribution in [3.05, 3.63) is 59.1 Å². The Morgan fingerprint density at radius 3 is 1.98 bits per heavy atom. The van der Waals surface area contributed by atoms with Crippen molar-refractivity contribution in [1.29, 1.82) is 0 Å². The van der Waals surface area contributed by atoms with Crippen LogP contribution >= 0.6 is 11.6 Å². The number of benzene rings is 2. The number of hydrogen-bond donors (Lipinski definition) is 3. The van der Waals surface area contributed by atoms with Gasteiger partial charge in [0.25, 0.3) is 11.8 Å². The molecule has 0 aliphatic heterocycles. The highest BCUT2D eigenvalue weighted by Crippen LogP contribution is 2.23. The Labute approximate surface area is 262 Å². The van der Waals surface area contributed by atoms with Crippen LogP contribution in [0.2, 0.25) is 0 Å². The second-order valence-corrected chi connectivity index (χ2v) is 10.8. The van der Waals surface area contributed by atoms with Gasteiger partial charge in [0.1, 0.15) is 5.60 Å². The summed E-state index contributed by atoms with van der Waals surface area (Å²) in [5, 5.41) is 8.67. The van der Waals surface area contributed by atoms with Crippen LogP contribution in [-0.2, 0) is 33.4 Å². The molecule has 0 spiro atoms. The molecule has 0 fully saturated rings. The van der Waals surface area contributed by atoms with Gasteiger partial charge in [-0.2, -0.15) is 0 Å². The van der Waals surface area contributed by atoms with Crippen LogP contribution in [0.4, 0.5) is 21.9 Å². The molecule has 0 aliphatic carbocycles. The predicted molar refractivity (Wildman–Crippen MR) is 162 cm³/mol. The number of hydrogen-bond acceptors (Lipinski definition) is 11. The molecule has 1 heterocycles. The standard InChI is InChI=1S/C29H32ClN5O10/c1-16(36)42-22(25(38)31-19-8-6-18(7-9-19)24-33-28(41)45-34-24)23(43-17(2)37)26(39)35(15-14-30)21-12-10-20(11-13-21)32-27(40)44-29(3,4)5/h6-13,22-23H,14-15H2,1-5H3,(H,31,38)(H,32,40)(H,33,34,41)/t22-,23-/m1/s1. The highest BCUT2D eigenvalue weighted by atomic mass is 35.5. The van der Waals surface area contributed by atoms with E-state index in [1.54, 1.807) is 20.8 Å². The average Bonchev–Trinajstić information content (AvgIpc) is 3.39. The lowest BCUT2D eigenvalue weighted by atomic mass is 10.1. The van der Waals surface area contributed by atoms with Crippen LogP contribution in [0.5, 0.6) is 0 Å². The minimum Gasteiger partial charge on any atom is -0.448 e. The number of carbonyl (C=O) groups is 5. The lowest BCUT2D eigenvalue weighted by Crippen LogP contribution is -2.53. The molecule has 3 amide bonds. The third-order valence-corrected chi connectivity index (χ3v) is 5.80. The van der Waals surface area contributed by atoms with Gasteiger partial charge in [0.2, 0.25) is 12.2 Å². The van der Waals surface area contributed by atoms with E-state index in [2.05, 4.69) is 25.3 Å². The molecule has 3 rings (SSSR count). The van der Waals surface area contributed by atoms with Gasteiger partial charge in [-0.1, -0.05) is 5.16 Å². The Bertz CT molecular complexity index is 1580. The summed E-state index contributed by atoms with van der Waals surface area (Å²) < 4.78 is 20.2. The normalized spacial score (nSPS) is 12.3. The van der Waals surface area contributed by atoms with E-state index in [0.29, 0.717) is 11.3 Å². The number of nitrogens with one attached hydrogen (secondary N) is 3. The summed E-state index contributed by atoms with van der Waals surface area (Å²) in [6, 6.07) is 11.9. The van der Waals surface area contributed by atoms with Crippen molar-refractivity contribution in [2.24, 2.45) is 0 Å². The summed E-state index contributed by atoms with van der Waals surface area (Å²) in [6.07, 6.45) is -4.50. The summed E-state index contributed by atoms with van der Waals surface area (Å²) in [4.78, 5) is 78.3. The van der Waals surface area contributed by atoms with E-state index in [-0.39, 0.29) is 29.6 Å². The fraction of sp³-hybridized carbons (Fsp3) is 0.345. The zero-order chi connectivity index (χ0) is 33.3. The van der Waals surface area contributed by atoms with Crippen molar-refractivity contribution in [3.8, 4) is 11.4 Å². The number of amides is 3. The molecule has 3 aromatic rings. The molecule has 2 aromatic carbocycles. The van der Waals surface area contributed by atoms with Crippen LogP contribution in [0.3, 0.4) is 0 Å². The van der Waals surface area contributed by atoms with Crippen molar-refractivity contribution in [2.75, 3.05) is 28.0 Å². The smallest absolute Gasteiger partial charge is 0.439 e. The summed E-state index contributed by atoms with van der Waals surface area (Å²) in [5.41, 5.74) is 0.600. The maximum Gasteiger partial charge on any atom is 0.439 e. The molecule has 0 saturated heterocycles. The number of nitrogens with zero attached hydrogens (tertiary/aromatic N) is 2. The fourth-order valence-corrected chi connectivity index (χ4v) is 4.05. The number of anilines is 3. The van der Waals surface area contributed by atoms with E-state index >= 15 is 0 Å². The molecule has 15 nitrogen and oxygen atoms in total. The number of carbonyl (C=O) groups excluding carboxylic acids is 5. The monoisotopic (exact) mass is 645 g/mol. The topological polar surface area (TPSA) is 199 Å². The zero-order valence-electron chi connectivity index (χ0n) is 25.0. The van der Waals surface area contributed by atoms with Crippen LogP contribution in [-0.4, -0.2) is 70.2 Å². The molecule has 16 heteroatoms. The molecule has 1 aromatic heterocycles. The van der Waals surface area contributed by atoms with Crippen molar-refractivity contribution in [2.45, 2.75) is 52.4 Å². The number of halogens is 1. The molecule has 0 bridgehead atoms. The molecule has 0 aliphatic rings. The maximum absolute atomic E-state index is 13.9. The van der Waals surface area contributed by atoms with Crippen LogP contribution in [0.25, 0.3) is 11.4 Å². The van der Waals surface area contributed by atoms with Gasteiger partial charge < -0.3 is 24.4 Å². The second kappa shape index (κ2) is 15.0. The molecule has 0 saturated carbocycles. The van der Waals surface area contributed by atoms with Gasteiger partial charge in [-0.25, -0.2) is 9.59 Å². The minimum atomic E-state index is -1.91. The Hall–Kier alpha value is -5.18. The Kier molecular flexibility index (Phi) is 11.4. The molecule has 0 unspecified atom stereocenters.